The molecule has 0 radical (unpaired) electrons. The first-order valence-electron chi connectivity index (χ1n) is 14.4. The van der Waals surface area contributed by atoms with Crippen LogP contribution in [0.15, 0.2) is 121 Å². The number of carbonyl (C=O) groups is 2. The second kappa shape index (κ2) is 11.9. The maximum atomic E-state index is 13.2. The summed E-state index contributed by atoms with van der Waals surface area (Å²) in [7, 11) is 0. The zero-order valence-corrected chi connectivity index (χ0v) is 23.9. The first kappa shape index (κ1) is 27.1. The van der Waals surface area contributed by atoms with Crippen molar-refractivity contribution < 1.29 is 19.1 Å². The van der Waals surface area contributed by atoms with Gasteiger partial charge in [0.2, 0.25) is 0 Å². The molecule has 0 saturated heterocycles. The molecule has 0 bridgehead atoms. The van der Waals surface area contributed by atoms with Crippen LogP contribution in [-0.2, 0) is 13.1 Å². The van der Waals surface area contributed by atoms with Gasteiger partial charge in [-0.25, -0.2) is 0 Å². The van der Waals surface area contributed by atoms with E-state index in [1.54, 1.807) is 24.3 Å². The molecule has 0 spiro atoms. The summed E-state index contributed by atoms with van der Waals surface area (Å²) in [6.07, 6.45) is 0. The van der Waals surface area contributed by atoms with Crippen LogP contribution in [0.4, 0.5) is 22.7 Å². The summed E-state index contributed by atoms with van der Waals surface area (Å²) in [6.45, 7) is 2.25. The van der Waals surface area contributed by atoms with E-state index in [0.29, 0.717) is 49.1 Å². The smallest absolute Gasteiger partial charge is 0.255 e. The molecule has 2 aliphatic rings. The first-order chi connectivity index (χ1) is 21.6. The minimum atomic E-state index is -0.303. The number of anilines is 4. The molecule has 2 amide bonds. The average molecular weight is 583 g/mol. The van der Waals surface area contributed by atoms with E-state index in [1.807, 2.05) is 97.1 Å². The van der Waals surface area contributed by atoms with Crippen molar-refractivity contribution in [3.63, 3.8) is 0 Å². The van der Waals surface area contributed by atoms with Crippen LogP contribution in [0.1, 0.15) is 31.8 Å². The summed E-state index contributed by atoms with van der Waals surface area (Å²) < 4.78 is 11.9. The molecule has 0 fully saturated rings. The maximum absolute atomic E-state index is 13.2. The predicted octanol–water partition coefficient (Wildman–Crippen LogP) is 6.90. The minimum absolute atomic E-state index is 0.303. The van der Waals surface area contributed by atoms with E-state index < -0.39 is 0 Å². The monoisotopic (exact) mass is 582 g/mol. The largest absolute Gasteiger partial charge is 0.473 e. The van der Waals surface area contributed by atoms with E-state index >= 15 is 0 Å². The number of rotatable bonds is 6. The number of benzene rings is 5. The van der Waals surface area contributed by atoms with Gasteiger partial charge in [0.05, 0.1) is 0 Å². The summed E-state index contributed by atoms with van der Waals surface area (Å²) in [5.41, 5.74) is 6.18. The number of ether oxygens (including phenoxy) is 2. The fourth-order valence-electron chi connectivity index (χ4n) is 5.46. The van der Waals surface area contributed by atoms with Gasteiger partial charge in [0.1, 0.15) is 11.5 Å². The second-order valence-electron chi connectivity index (χ2n) is 10.7. The maximum Gasteiger partial charge on any atom is 0.255 e. The number of nitrogens with one attached hydrogen (secondary N) is 2. The van der Waals surface area contributed by atoms with Crippen molar-refractivity contribution >= 4 is 34.6 Å². The van der Waals surface area contributed by atoms with E-state index in [4.69, 9.17) is 9.47 Å². The third-order valence-corrected chi connectivity index (χ3v) is 7.74. The van der Waals surface area contributed by atoms with Gasteiger partial charge in [-0.1, -0.05) is 42.5 Å². The Morgan fingerprint density at radius 1 is 0.523 bits per heavy atom. The molecule has 2 aliphatic heterocycles. The average Bonchev–Trinajstić information content (AvgIpc) is 3.08. The van der Waals surface area contributed by atoms with Gasteiger partial charge < -0.3 is 29.9 Å². The van der Waals surface area contributed by atoms with Crippen LogP contribution in [0.5, 0.6) is 11.5 Å². The van der Waals surface area contributed by atoms with E-state index in [-0.39, 0.29) is 11.8 Å². The van der Waals surface area contributed by atoms with Crippen molar-refractivity contribution in [2.75, 3.05) is 33.9 Å². The zero-order chi connectivity index (χ0) is 29.9. The third kappa shape index (κ3) is 5.78. The predicted molar refractivity (Wildman–Crippen MR) is 171 cm³/mol. The molecule has 0 atom stereocenters. The molecular formula is C36H30N4O4. The highest BCUT2D eigenvalue weighted by Crippen LogP contribution is 2.32. The SMILES string of the molecule is O=C(Nc1ccc2c(c1)CN(c1ccccc1)CO2)c1cccc(C(=O)Nc2ccc3c(c2)CN(c2ccccc2)CO3)c1. The number of nitrogens with zero attached hydrogens (tertiary/aromatic N) is 2. The lowest BCUT2D eigenvalue weighted by Gasteiger charge is -2.31. The highest BCUT2D eigenvalue weighted by Gasteiger charge is 2.20. The highest BCUT2D eigenvalue weighted by atomic mass is 16.5. The van der Waals surface area contributed by atoms with E-state index in [9.17, 15) is 9.59 Å². The van der Waals surface area contributed by atoms with Crippen molar-refractivity contribution in [3.8, 4) is 11.5 Å². The molecule has 7 rings (SSSR count). The summed E-state index contributed by atoms with van der Waals surface area (Å²) in [5.74, 6) is 0.997. The van der Waals surface area contributed by atoms with Crippen LogP contribution in [0.3, 0.4) is 0 Å². The zero-order valence-electron chi connectivity index (χ0n) is 23.9. The Hall–Kier alpha value is -5.76. The molecule has 8 heteroatoms. The van der Waals surface area contributed by atoms with E-state index in [0.717, 1.165) is 34.0 Å². The second-order valence-corrected chi connectivity index (χ2v) is 10.7. The lowest BCUT2D eigenvalue weighted by atomic mass is 10.1. The van der Waals surface area contributed by atoms with Gasteiger partial charge in [0.25, 0.3) is 11.8 Å². The number of amides is 2. The Kier molecular flexibility index (Phi) is 7.30. The molecule has 44 heavy (non-hydrogen) atoms. The van der Waals surface area contributed by atoms with Crippen LogP contribution in [0, 0.1) is 0 Å². The lowest BCUT2D eigenvalue weighted by Crippen LogP contribution is -2.31. The number of para-hydroxylation sites is 2. The summed E-state index contributed by atoms with van der Waals surface area (Å²) in [4.78, 5) is 30.7. The fraction of sp³-hybridized carbons (Fsp3) is 0.111. The van der Waals surface area contributed by atoms with Crippen molar-refractivity contribution in [2.24, 2.45) is 0 Å². The highest BCUT2D eigenvalue weighted by molar-refractivity contribution is 6.08. The van der Waals surface area contributed by atoms with Gasteiger partial charge in [0, 0.05) is 58.1 Å². The molecule has 0 saturated carbocycles. The number of fused-ring (bicyclic) bond motifs is 2. The van der Waals surface area contributed by atoms with Crippen molar-refractivity contribution in [3.05, 3.63) is 144 Å². The van der Waals surface area contributed by atoms with Crippen LogP contribution >= 0.6 is 0 Å². The molecule has 0 aromatic heterocycles. The number of hydrogen-bond donors (Lipinski definition) is 2. The fourth-order valence-corrected chi connectivity index (χ4v) is 5.46. The Bertz CT molecular complexity index is 1700. The molecule has 8 nitrogen and oxygen atoms in total. The summed E-state index contributed by atoms with van der Waals surface area (Å²) in [5, 5.41) is 5.93. The van der Waals surface area contributed by atoms with Crippen LogP contribution in [0.25, 0.3) is 0 Å². The molecule has 0 unspecified atom stereocenters. The molecular weight excluding hydrogens is 552 g/mol. The molecule has 218 valence electrons. The van der Waals surface area contributed by atoms with E-state index in [1.165, 1.54) is 0 Å². The first-order valence-corrected chi connectivity index (χ1v) is 14.4. The molecule has 5 aromatic rings. The summed E-state index contributed by atoms with van der Waals surface area (Å²) in [6, 6.07) is 38.1. The van der Waals surface area contributed by atoms with Crippen LogP contribution in [-0.4, -0.2) is 25.3 Å². The van der Waals surface area contributed by atoms with Crippen molar-refractivity contribution in [1.82, 2.24) is 0 Å². The lowest BCUT2D eigenvalue weighted by molar-refractivity contribution is 0.102. The van der Waals surface area contributed by atoms with Crippen molar-refractivity contribution in [1.29, 1.82) is 0 Å². The van der Waals surface area contributed by atoms with Gasteiger partial charge in [-0.3, -0.25) is 9.59 Å². The Balaban J connectivity index is 1.02. The normalized spacial score (nSPS) is 13.5. The van der Waals surface area contributed by atoms with Gasteiger partial charge in [-0.2, -0.15) is 0 Å². The van der Waals surface area contributed by atoms with Gasteiger partial charge in [-0.05, 0) is 78.9 Å². The quantitative estimate of drug-likeness (QED) is 0.227. The Morgan fingerprint density at radius 2 is 0.977 bits per heavy atom. The van der Waals surface area contributed by atoms with Gasteiger partial charge in [0.15, 0.2) is 13.5 Å². The molecule has 0 aliphatic carbocycles. The Labute approximate surface area is 255 Å². The summed E-state index contributed by atoms with van der Waals surface area (Å²) >= 11 is 0. The van der Waals surface area contributed by atoms with Crippen LogP contribution < -0.4 is 29.9 Å². The standard InChI is InChI=1S/C36H30N4O4/c41-35(37-29-14-16-33-27(19-29)21-39(23-43-33)31-10-3-1-4-11-31)25-8-7-9-26(18-25)36(42)38-30-15-17-34-28(20-30)22-40(24-44-34)32-12-5-2-6-13-32/h1-20H,21-24H2,(H,37,41)(H,38,42). The van der Waals surface area contributed by atoms with Gasteiger partial charge in [-0.15, -0.1) is 0 Å². The molecule has 2 heterocycles. The minimum Gasteiger partial charge on any atom is -0.473 e. The van der Waals surface area contributed by atoms with E-state index in [2.05, 4.69) is 20.4 Å². The molecule has 2 N–H and O–H groups in total. The van der Waals surface area contributed by atoms with Crippen molar-refractivity contribution in [2.45, 2.75) is 13.1 Å². The molecule has 5 aromatic carbocycles. The van der Waals surface area contributed by atoms with Crippen LogP contribution in [0.2, 0.25) is 0 Å². The van der Waals surface area contributed by atoms with Gasteiger partial charge >= 0.3 is 0 Å². The topological polar surface area (TPSA) is 83.1 Å². The Morgan fingerprint density at radius 3 is 1.43 bits per heavy atom. The third-order valence-electron chi connectivity index (χ3n) is 7.74. The number of carbonyl (C=O) groups excluding carboxylic acids is 2. The number of hydrogen-bond acceptors (Lipinski definition) is 6.